The Labute approximate surface area is 234 Å². The summed E-state index contributed by atoms with van der Waals surface area (Å²) in [5.74, 6) is -0.668. The van der Waals surface area contributed by atoms with Crippen LogP contribution in [-0.2, 0) is 19.1 Å². The first-order valence-corrected chi connectivity index (χ1v) is 13.8. The van der Waals surface area contributed by atoms with E-state index < -0.39 is 17.4 Å². The quantitative estimate of drug-likeness (QED) is 0.0864. The molecule has 0 fully saturated rings. The maximum Gasteiger partial charge on any atom is 0.338 e. The van der Waals surface area contributed by atoms with Gasteiger partial charge in [0.1, 0.15) is 5.75 Å². The predicted molar refractivity (Wildman–Crippen MR) is 155 cm³/mol. The number of thioether (sulfide) groups is 1. The lowest BCUT2D eigenvalue weighted by Crippen LogP contribution is -2.23. The molecule has 39 heavy (non-hydrogen) atoms. The summed E-state index contributed by atoms with van der Waals surface area (Å²) in [6.45, 7) is 11.0. The van der Waals surface area contributed by atoms with Crippen molar-refractivity contribution < 1.29 is 28.6 Å². The molecule has 0 aliphatic carbocycles. The summed E-state index contributed by atoms with van der Waals surface area (Å²) < 4.78 is 15.8. The normalized spacial score (nSPS) is 11.0. The van der Waals surface area contributed by atoms with E-state index in [0.717, 1.165) is 27.1 Å². The highest BCUT2D eigenvalue weighted by Gasteiger charge is 2.22. The zero-order chi connectivity index (χ0) is 28.6. The van der Waals surface area contributed by atoms with Crippen molar-refractivity contribution in [3.63, 3.8) is 0 Å². The maximum atomic E-state index is 12.6. The molecule has 3 aromatic rings. The van der Waals surface area contributed by atoms with Gasteiger partial charge in [-0.15, -0.1) is 11.8 Å². The third-order valence-corrected chi connectivity index (χ3v) is 6.52. The summed E-state index contributed by atoms with van der Waals surface area (Å²) in [5.41, 5.74) is 4.32. The number of esters is 3. The third kappa shape index (κ3) is 8.32. The van der Waals surface area contributed by atoms with Gasteiger partial charge in [-0.2, -0.15) is 0 Å². The first-order chi connectivity index (χ1) is 18.5. The lowest BCUT2D eigenvalue weighted by molar-refractivity contribution is -0.153. The lowest BCUT2D eigenvalue weighted by atomic mass is 9.97. The molecule has 6 nitrogen and oxygen atoms in total. The fourth-order valence-electron chi connectivity index (χ4n) is 3.50. The van der Waals surface area contributed by atoms with Gasteiger partial charge in [0.05, 0.1) is 24.2 Å². The molecule has 3 aromatic carbocycles. The van der Waals surface area contributed by atoms with Crippen LogP contribution in [0.5, 0.6) is 5.75 Å². The molecule has 0 spiro atoms. The van der Waals surface area contributed by atoms with Crippen LogP contribution in [0.1, 0.15) is 44.5 Å². The zero-order valence-corrected chi connectivity index (χ0v) is 23.9. The Hall–Kier alpha value is -3.84. The Kier molecular flexibility index (Phi) is 10.1. The Bertz CT molecular complexity index is 1330. The number of benzene rings is 3. The van der Waals surface area contributed by atoms with Crippen molar-refractivity contribution in [3.05, 3.63) is 84.4 Å². The summed E-state index contributed by atoms with van der Waals surface area (Å²) in [4.78, 5) is 37.0. The van der Waals surface area contributed by atoms with E-state index in [1.807, 2.05) is 54.8 Å². The molecule has 0 unspecified atom stereocenters. The van der Waals surface area contributed by atoms with E-state index in [1.54, 1.807) is 57.7 Å². The van der Waals surface area contributed by atoms with Crippen LogP contribution in [0.15, 0.2) is 83.8 Å². The Balaban J connectivity index is 1.62. The van der Waals surface area contributed by atoms with Crippen LogP contribution in [0.2, 0.25) is 0 Å². The number of hydrogen-bond donors (Lipinski definition) is 0. The summed E-state index contributed by atoms with van der Waals surface area (Å²) in [6.07, 6.45) is 2.41. The first-order valence-electron chi connectivity index (χ1n) is 12.6. The molecular weight excluding hydrogens is 512 g/mol. The highest BCUT2D eigenvalue weighted by atomic mass is 32.2. The van der Waals surface area contributed by atoms with Gasteiger partial charge >= 0.3 is 17.9 Å². The van der Waals surface area contributed by atoms with Gasteiger partial charge in [-0.1, -0.05) is 49.0 Å². The summed E-state index contributed by atoms with van der Waals surface area (Å²) in [5, 5.41) is 0. The fourth-order valence-corrected chi connectivity index (χ4v) is 4.15. The molecule has 0 heterocycles. The molecule has 204 valence electrons. The molecule has 0 aliphatic rings. The molecule has 0 bridgehead atoms. The van der Waals surface area contributed by atoms with Crippen LogP contribution in [0.25, 0.3) is 22.3 Å². The minimum absolute atomic E-state index is 0.172. The van der Waals surface area contributed by atoms with Gasteiger partial charge in [0, 0.05) is 16.9 Å². The van der Waals surface area contributed by atoms with Gasteiger partial charge in [-0.3, -0.25) is 4.79 Å². The SMILES string of the molecule is C=C(C)C(=O)Oc1ccc(-c2ccc(-c3ccc(C(=O)OCCCOC(=O)C(C)(C)C)cc3SC)cc2)cc1. The molecule has 0 aliphatic heterocycles. The number of carbonyl (C=O) groups is 3. The second-order valence-electron chi connectivity index (χ2n) is 10.1. The van der Waals surface area contributed by atoms with Gasteiger partial charge in [0.15, 0.2) is 0 Å². The minimum atomic E-state index is -0.554. The average Bonchev–Trinajstić information content (AvgIpc) is 2.92. The van der Waals surface area contributed by atoms with Crippen LogP contribution in [0.3, 0.4) is 0 Å². The van der Waals surface area contributed by atoms with E-state index in [1.165, 1.54) is 0 Å². The predicted octanol–water partition coefficient (Wildman–Crippen LogP) is 7.36. The van der Waals surface area contributed by atoms with Gasteiger partial charge in [-0.05, 0) is 80.5 Å². The third-order valence-electron chi connectivity index (χ3n) is 5.75. The molecule has 0 saturated carbocycles. The second kappa shape index (κ2) is 13.3. The second-order valence-corrected chi connectivity index (χ2v) is 10.9. The molecule has 0 radical (unpaired) electrons. The van der Waals surface area contributed by atoms with Gasteiger partial charge < -0.3 is 14.2 Å². The van der Waals surface area contributed by atoms with Crippen LogP contribution in [0, 0.1) is 5.41 Å². The number of ether oxygens (including phenoxy) is 3. The monoisotopic (exact) mass is 546 g/mol. The number of carbonyl (C=O) groups excluding carboxylic acids is 3. The topological polar surface area (TPSA) is 78.9 Å². The molecular formula is C32H34O6S. The van der Waals surface area contributed by atoms with Crippen molar-refractivity contribution in [2.24, 2.45) is 5.41 Å². The van der Waals surface area contributed by atoms with Crippen LogP contribution >= 0.6 is 11.8 Å². The number of hydrogen-bond acceptors (Lipinski definition) is 7. The largest absolute Gasteiger partial charge is 0.465 e. The highest BCUT2D eigenvalue weighted by molar-refractivity contribution is 7.98. The molecule has 7 heteroatoms. The van der Waals surface area contributed by atoms with Gasteiger partial charge in [0.2, 0.25) is 0 Å². The van der Waals surface area contributed by atoms with Crippen molar-refractivity contribution in [1.29, 1.82) is 0 Å². The van der Waals surface area contributed by atoms with E-state index in [4.69, 9.17) is 14.2 Å². The molecule has 0 N–H and O–H groups in total. The molecule has 0 saturated heterocycles. The van der Waals surface area contributed by atoms with Crippen LogP contribution in [0.4, 0.5) is 0 Å². The van der Waals surface area contributed by atoms with Crippen molar-refractivity contribution in [3.8, 4) is 28.0 Å². The minimum Gasteiger partial charge on any atom is -0.465 e. The van der Waals surface area contributed by atoms with Gasteiger partial charge in [-0.25, -0.2) is 9.59 Å². The van der Waals surface area contributed by atoms with Crippen LogP contribution in [-0.4, -0.2) is 37.4 Å². The van der Waals surface area contributed by atoms with Crippen LogP contribution < -0.4 is 4.74 Å². The Morgan fingerprint density at radius 3 is 1.95 bits per heavy atom. The van der Waals surface area contributed by atoms with E-state index in [0.29, 0.717) is 23.3 Å². The molecule has 3 rings (SSSR count). The molecule has 0 atom stereocenters. The standard InChI is InChI=1S/C32H34O6S/c1-21(2)29(33)38-26-15-12-23(13-16-26)22-8-10-24(11-9-22)27-17-14-25(20-28(27)39-6)30(34)36-18-7-19-37-31(35)32(3,4)5/h8-17,20H,1,7,18-19H2,2-6H3. The van der Waals surface area contributed by atoms with E-state index in [2.05, 4.69) is 6.58 Å². The van der Waals surface area contributed by atoms with E-state index in [9.17, 15) is 14.4 Å². The smallest absolute Gasteiger partial charge is 0.338 e. The summed E-state index contributed by atoms with van der Waals surface area (Å²) >= 11 is 1.56. The van der Waals surface area contributed by atoms with Crippen molar-refractivity contribution in [1.82, 2.24) is 0 Å². The van der Waals surface area contributed by atoms with E-state index >= 15 is 0 Å². The Morgan fingerprint density at radius 2 is 1.38 bits per heavy atom. The van der Waals surface area contributed by atoms with Gasteiger partial charge in [0.25, 0.3) is 0 Å². The van der Waals surface area contributed by atoms with Crippen molar-refractivity contribution >= 4 is 29.7 Å². The summed E-state index contributed by atoms with van der Waals surface area (Å²) in [7, 11) is 0. The Morgan fingerprint density at radius 1 is 0.821 bits per heavy atom. The average molecular weight is 547 g/mol. The van der Waals surface area contributed by atoms with E-state index in [-0.39, 0.29) is 19.2 Å². The lowest BCUT2D eigenvalue weighted by Gasteiger charge is -2.16. The number of rotatable bonds is 10. The fraction of sp³-hybridized carbons (Fsp3) is 0.281. The van der Waals surface area contributed by atoms with Crippen molar-refractivity contribution in [2.75, 3.05) is 19.5 Å². The molecule has 0 aromatic heterocycles. The highest BCUT2D eigenvalue weighted by Crippen LogP contribution is 2.33. The first kappa shape index (κ1) is 29.7. The summed E-state index contributed by atoms with van der Waals surface area (Å²) in [6, 6.07) is 21.0. The van der Waals surface area contributed by atoms with Crippen molar-refractivity contribution in [2.45, 2.75) is 39.0 Å². The molecule has 0 amide bonds. The zero-order valence-electron chi connectivity index (χ0n) is 23.0. The maximum absolute atomic E-state index is 12.6.